The van der Waals surface area contributed by atoms with Gasteiger partial charge in [0.25, 0.3) is 0 Å². The van der Waals surface area contributed by atoms with Crippen molar-refractivity contribution < 1.29 is 19.4 Å². The van der Waals surface area contributed by atoms with E-state index in [0.717, 1.165) is 0 Å². The normalized spacial score (nSPS) is 12.4. The molecule has 0 rings (SSSR count). The van der Waals surface area contributed by atoms with Crippen molar-refractivity contribution in [2.75, 3.05) is 0 Å². The molecule has 0 aliphatic heterocycles. The predicted octanol–water partition coefficient (Wildman–Crippen LogP) is -0.347. The highest BCUT2D eigenvalue weighted by Crippen LogP contribution is 2.06. The van der Waals surface area contributed by atoms with Gasteiger partial charge in [-0.15, -0.1) is 12.3 Å². The molecular weight excluding hydrogens is 198 g/mol. The Hall–Kier alpha value is -1.70. The number of rotatable bonds is 3. The average molecular weight is 212 g/mol. The molecule has 0 aliphatic carbocycles. The van der Waals surface area contributed by atoms with Crippen molar-refractivity contribution in [3.05, 3.63) is 0 Å². The lowest BCUT2D eigenvalue weighted by molar-refractivity contribution is -0.308. The first-order valence-corrected chi connectivity index (χ1v) is 4.40. The lowest BCUT2D eigenvalue weighted by atomic mass is 10.2. The van der Waals surface area contributed by atoms with Crippen LogP contribution in [0.2, 0.25) is 0 Å². The molecule has 5 heteroatoms. The van der Waals surface area contributed by atoms with Crippen LogP contribution >= 0.6 is 0 Å². The molecule has 84 valence electrons. The molecule has 0 aromatic carbocycles. The Labute approximate surface area is 88.8 Å². The SMILES string of the molecule is C#CC[C@@H](NC(=O)OC(C)(C)C)C(=O)[O-]. The van der Waals surface area contributed by atoms with E-state index < -0.39 is 23.7 Å². The smallest absolute Gasteiger partial charge is 0.408 e. The molecule has 0 radical (unpaired) electrons. The minimum absolute atomic E-state index is 0.137. The predicted molar refractivity (Wildman–Crippen MR) is 51.6 cm³/mol. The Morgan fingerprint density at radius 2 is 2.07 bits per heavy atom. The summed E-state index contributed by atoms with van der Waals surface area (Å²) in [5.41, 5.74) is -0.684. The van der Waals surface area contributed by atoms with Crippen LogP contribution in [0.5, 0.6) is 0 Å². The van der Waals surface area contributed by atoms with Crippen molar-refractivity contribution in [1.29, 1.82) is 0 Å². The number of hydrogen-bond acceptors (Lipinski definition) is 4. The molecule has 0 unspecified atom stereocenters. The number of carboxylic acids is 1. The van der Waals surface area contributed by atoms with E-state index in [4.69, 9.17) is 11.2 Å². The molecule has 0 aromatic heterocycles. The Bertz CT molecular complexity index is 285. The summed E-state index contributed by atoms with van der Waals surface area (Å²) in [7, 11) is 0. The van der Waals surface area contributed by atoms with Crippen molar-refractivity contribution in [2.45, 2.75) is 38.8 Å². The number of carbonyl (C=O) groups excluding carboxylic acids is 2. The van der Waals surface area contributed by atoms with Crippen LogP contribution in [0.15, 0.2) is 0 Å². The summed E-state index contributed by atoms with van der Waals surface area (Å²) in [4.78, 5) is 21.7. The zero-order chi connectivity index (χ0) is 12.1. The summed E-state index contributed by atoms with van der Waals surface area (Å²) >= 11 is 0. The van der Waals surface area contributed by atoms with Crippen molar-refractivity contribution >= 4 is 12.1 Å². The number of amides is 1. The van der Waals surface area contributed by atoms with Crippen molar-refractivity contribution in [3.8, 4) is 12.3 Å². The van der Waals surface area contributed by atoms with Crippen LogP contribution in [0.1, 0.15) is 27.2 Å². The first kappa shape index (κ1) is 13.3. The van der Waals surface area contributed by atoms with E-state index >= 15 is 0 Å². The largest absolute Gasteiger partial charge is 0.548 e. The minimum Gasteiger partial charge on any atom is -0.548 e. The first-order chi connectivity index (χ1) is 6.76. The fraction of sp³-hybridized carbons (Fsp3) is 0.600. The molecule has 0 saturated carbocycles. The van der Waals surface area contributed by atoms with Gasteiger partial charge >= 0.3 is 6.09 Å². The molecule has 1 N–H and O–H groups in total. The number of carboxylic acid groups (broad SMARTS) is 1. The molecule has 0 aliphatic rings. The third kappa shape index (κ3) is 6.38. The van der Waals surface area contributed by atoms with Crippen molar-refractivity contribution in [3.63, 3.8) is 0 Å². The topological polar surface area (TPSA) is 78.5 Å². The Morgan fingerprint density at radius 3 is 2.40 bits per heavy atom. The molecular formula is C10H14NO4-. The Kier molecular flexibility index (Phi) is 4.65. The third-order valence-electron chi connectivity index (χ3n) is 1.30. The molecule has 0 saturated heterocycles. The van der Waals surface area contributed by atoms with E-state index in [9.17, 15) is 14.7 Å². The maximum Gasteiger partial charge on any atom is 0.408 e. The zero-order valence-electron chi connectivity index (χ0n) is 8.99. The summed E-state index contributed by atoms with van der Waals surface area (Å²) in [6.45, 7) is 5.01. The summed E-state index contributed by atoms with van der Waals surface area (Å²) in [6.07, 6.45) is 3.97. The van der Waals surface area contributed by atoms with E-state index in [-0.39, 0.29) is 6.42 Å². The fourth-order valence-electron chi connectivity index (χ4n) is 0.761. The van der Waals surface area contributed by atoms with Crippen molar-refractivity contribution in [2.24, 2.45) is 0 Å². The number of carbonyl (C=O) groups is 2. The lowest BCUT2D eigenvalue weighted by Gasteiger charge is -2.23. The highest BCUT2D eigenvalue weighted by molar-refractivity contribution is 5.79. The molecule has 0 spiro atoms. The van der Waals surface area contributed by atoms with Gasteiger partial charge in [-0.1, -0.05) is 0 Å². The fourth-order valence-corrected chi connectivity index (χ4v) is 0.761. The molecule has 0 aromatic rings. The number of ether oxygens (including phenoxy) is 1. The minimum atomic E-state index is -1.43. The van der Waals surface area contributed by atoms with Crippen LogP contribution in [0.25, 0.3) is 0 Å². The zero-order valence-corrected chi connectivity index (χ0v) is 8.99. The van der Waals surface area contributed by atoms with E-state index in [1.54, 1.807) is 20.8 Å². The van der Waals surface area contributed by atoms with E-state index in [1.807, 2.05) is 0 Å². The van der Waals surface area contributed by atoms with E-state index in [1.165, 1.54) is 0 Å². The van der Waals surface area contributed by atoms with Crippen LogP contribution in [0.3, 0.4) is 0 Å². The molecule has 0 heterocycles. The summed E-state index contributed by atoms with van der Waals surface area (Å²) in [6, 6.07) is -1.22. The summed E-state index contributed by atoms with van der Waals surface area (Å²) in [5, 5.41) is 12.6. The second kappa shape index (κ2) is 5.25. The van der Waals surface area contributed by atoms with Crippen LogP contribution in [-0.4, -0.2) is 23.7 Å². The molecule has 1 amide bonds. The first-order valence-electron chi connectivity index (χ1n) is 4.40. The van der Waals surface area contributed by atoms with Gasteiger partial charge < -0.3 is 20.0 Å². The number of nitrogens with one attached hydrogen (secondary N) is 1. The van der Waals surface area contributed by atoms with Crippen LogP contribution in [0.4, 0.5) is 4.79 Å². The van der Waals surface area contributed by atoms with E-state index in [2.05, 4.69) is 11.2 Å². The number of alkyl carbamates (subject to hydrolysis) is 1. The van der Waals surface area contributed by atoms with Crippen LogP contribution < -0.4 is 10.4 Å². The monoisotopic (exact) mass is 212 g/mol. The standard InChI is InChI=1S/C10H15NO4/c1-5-6-7(8(12)13)11-9(14)15-10(2,3)4/h1,7H,6H2,2-4H3,(H,11,14)(H,12,13)/p-1/t7-/m1/s1. The van der Waals surface area contributed by atoms with Gasteiger partial charge in [-0.05, 0) is 20.8 Å². The molecule has 5 nitrogen and oxygen atoms in total. The second-order valence-corrected chi connectivity index (χ2v) is 3.93. The molecule has 0 fully saturated rings. The number of terminal acetylenes is 1. The van der Waals surface area contributed by atoms with Gasteiger partial charge in [0, 0.05) is 6.42 Å². The van der Waals surface area contributed by atoms with E-state index in [0.29, 0.717) is 0 Å². The highest BCUT2D eigenvalue weighted by atomic mass is 16.6. The summed E-state index contributed by atoms with van der Waals surface area (Å²) < 4.78 is 4.85. The van der Waals surface area contributed by atoms with Gasteiger partial charge in [0.15, 0.2) is 0 Å². The Morgan fingerprint density at radius 1 is 1.53 bits per heavy atom. The van der Waals surface area contributed by atoms with Crippen LogP contribution in [-0.2, 0) is 9.53 Å². The summed E-state index contributed by atoms with van der Waals surface area (Å²) in [5.74, 6) is 0.695. The number of hydrogen-bond donors (Lipinski definition) is 1. The van der Waals surface area contributed by atoms with Gasteiger partial charge in [0.1, 0.15) is 5.60 Å². The number of aliphatic carboxylic acids is 1. The molecule has 0 bridgehead atoms. The molecule has 1 atom stereocenters. The second-order valence-electron chi connectivity index (χ2n) is 3.93. The molecule has 15 heavy (non-hydrogen) atoms. The lowest BCUT2D eigenvalue weighted by Crippen LogP contribution is -2.49. The van der Waals surface area contributed by atoms with Gasteiger partial charge in [0.05, 0.1) is 12.0 Å². The third-order valence-corrected chi connectivity index (χ3v) is 1.30. The van der Waals surface area contributed by atoms with Crippen LogP contribution in [0, 0.1) is 12.3 Å². The van der Waals surface area contributed by atoms with Gasteiger partial charge in [0.2, 0.25) is 0 Å². The van der Waals surface area contributed by atoms with Gasteiger partial charge in [-0.2, -0.15) is 0 Å². The van der Waals surface area contributed by atoms with Crippen molar-refractivity contribution in [1.82, 2.24) is 5.32 Å². The highest BCUT2D eigenvalue weighted by Gasteiger charge is 2.19. The average Bonchev–Trinajstić information content (AvgIpc) is 1.99. The quantitative estimate of drug-likeness (QED) is 0.649. The van der Waals surface area contributed by atoms with Gasteiger partial charge in [-0.25, -0.2) is 4.79 Å². The maximum atomic E-state index is 11.2. The Balaban J connectivity index is 4.25. The maximum absolute atomic E-state index is 11.2. The van der Waals surface area contributed by atoms with Gasteiger partial charge in [-0.3, -0.25) is 0 Å².